The summed E-state index contributed by atoms with van der Waals surface area (Å²) in [4.78, 5) is 0. The summed E-state index contributed by atoms with van der Waals surface area (Å²) >= 11 is 0. The van der Waals surface area contributed by atoms with Gasteiger partial charge in [0, 0.05) is 13.2 Å². The van der Waals surface area contributed by atoms with Crippen LogP contribution in [-0.2, 0) is 18.9 Å². The second kappa shape index (κ2) is 21.8. The molecule has 0 bridgehead atoms. The zero-order chi connectivity index (χ0) is 13.9. The van der Waals surface area contributed by atoms with E-state index in [0.717, 1.165) is 26.1 Å². The Kier molecular flexibility index (Phi) is 24.1. The van der Waals surface area contributed by atoms with Gasteiger partial charge in [0.1, 0.15) is 0 Å². The molecule has 110 valence electrons. The lowest BCUT2D eigenvalue weighted by molar-refractivity contribution is -0.00163. The highest BCUT2D eigenvalue weighted by Gasteiger charge is 1.91. The first-order valence-corrected chi connectivity index (χ1v) is 6.72. The van der Waals surface area contributed by atoms with Crippen LogP contribution in [0.15, 0.2) is 13.2 Å². The summed E-state index contributed by atoms with van der Waals surface area (Å²) in [7, 11) is 0. The maximum Gasteiger partial charge on any atom is 0.0701 e. The van der Waals surface area contributed by atoms with Crippen LogP contribution in [0.25, 0.3) is 0 Å². The molecule has 0 saturated carbocycles. The maximum atomic E-state index is 5.32. The minimum absolute atomic E-state index is 0.628. The zero-order valence-corrected chi connectivity index (χ0v) is 12.1. The second-order valence-corrected chi connectivity index (χ2v) is 3.45. The Balaban J connectivity index is 0. The SMILES string of the molecule is C=C.CCCOCCOCCOCCOCCC. The first-order chi connectivity index (χ1) is 8.91. The normalized spacial score (nSPS) is 9.89. The molecule has 0 aromatic carbocycles. The zero-order valence-electron chi connectivity index (χ0n) is 12.1. The van der Waals surface area contributed by atoms with Gasteiger partial charge in [0.2, 0.25) is 0 Å². The molecule has 4 nitrogen and oxygen atoms in total. The number of hydrogen-bond donors (Lipinski definition) is 0. The van der Waals surface area contributed by atoms with Crippen LogP contribution in [0.2, 0.25) is 0 Å². The molecule has 0 saturated heterocycles. The van der Waals surface area contributed by atoms with E-state index in [9.17, 15) is 0 Å². The molecule has 0 aliphatic heterocycles. The van der Waals surface area contributed by atoms with Crippen LogP contribution in [0.3, 0.4) is 0 Å². The van der Waals surface area contributed by atoms with Crippen molar-refractivity contribution in [2.75, 3.05) is 52.9 Å². The van der Waals surface area contributed by atoms with Gasteiger partial charge in [-0.05, 0) is 12.8 Å². The molecule has 0 spiro atoms. The summed E-state index contributed by atoms with van der Waals surface area (Å²) in [6.45, 7) is 15.7. The second-order valence-electron chi connectivity index (χ2n) is 3.45. The van der Waals surface area contributed by atoms with Gasteiger partial charge in [-0.1, -0.05) is 13.8 Å². The van der Waals surface area contributed by atoms with Crippen molar-refractivity contribution in [3.63, 3.8) is 0 Å². The highest BCUT2D eigenvalue weighted by atomic mass is 16.6. The lowest BCUT2D eigenvalue weighted by Crippen LogP contribution is -2.12. The van der Waals surface area contributed by atoms with Crippen LogP contribution in [0.1, 0.15) is 26.7 Å². The molecule has 0 unspecified atom stereocenters. The van der Waals surface area contributed by atoms with Crippen LogP contribution < -0.4 is 0 Å². The number of hydrogen-bond acceptors (Lipinski definition) is 4. The minimum Gasteiger partial charge on any atom is -0.379 e. The fourth-order valence-electron chi connectivity index (χ4n) is 1.05. The molecule has 0 radical (unpaired) electrons. The van der Waals surface area contributed by atoms with E-state index in [1.54, 1.807) is 0 Å². The Labute approximate surface area is 112 Å². The Bertz CT molecular complexity index is 117. The highest BCUT2D eigenvalue weighted by molar-refractivity contribution is 4.34. The summed E-state index contributed by atoms with van der Waals surface area (Å²) in [6, 6.07) is 0. The van der Waals surface area contributed by atoms with Crippen molar-refractivity contribution >= 4 is 0 Å². The fraction of sp³-hybridized carbons (Fsp3) is 0.857. The summed E-state index contributed by atoms with van der Waals surface area (Å²) in [5.74, 6) is 0. The van der Waals surface area contributed by atoms with Crippen LogP contribution in [-0.4, -0.2) is 52.9 Å². The summed E-state index contributed by atoms with van der Waals surface area (Å²) in [5.41, 5.74) is 0. The quantitative estimate of drug-likeness (QED) is 0.378. The molecule has 0 fully saturated rings. The first-order valence-electron chi connectivity index (χ1n) is 6.72. The summed E-state index contributed by atoms with van der Waals surface area (Å²) < 4.78 is 21.2. The van der Waals surface area contributed by atoms with Crippen molar-refractivity contribution in [3.05, 3.63) is 13.2 Å². The Morgan fingerprint density at radius 3 is 0.944 bits per heavy atom. The average molecular weight is 262 g/mol. The molecule has 0 rings (SSSR count). The van der Waals surface area contributed by atoms with Crippen LogP contribution in [0.4, 0.5) is 0 Å². The predicted molar refractivity (Wildman–Crippen MR) is 75.1 cm³/mol. The van der Waals surface area contributed by atoms with Crippen molar-refractivity contribution in [1.82, 2.24) is 0 Å². The van der Waals surface area contributed by atoms with Gasteiger partial charge in [-0.15, -0.1) is 13.2 Å². The minimum atomic E-state index is 0.628. The first kappa shape index (κ1) is 19.9. The van der Waals surface area contributed by atoms with Crippen molar-refractivity contribution in [2.24, 2.45) is 0 Å². The molecule has 0 heterocycles. The van der Waals surface area contributed by atoms with E-state index in [4.69, 9.17) is 18.9 Å². The summed E-state index contributed by atoms with van der Waals surface area (Å²) in [6.07, 6.45) is 2.11. The summed E-state index contributed by atoms with van der Waals surface area (Å²) in [5, 5.41) is 0. The third-order valence-electron chi connectivity index (χ3n) is 1.81. The molecule has 0 aromatic heterocycles. The van der Waals surface area contributed by atoms with Crippen molar-refractivity contribution in [1.29, 1.82) is 0 Å². The van der Waals surface area contributed by atoms with Gasteiger partial charge in [-0.25, -0.2) is 0 Å². The van der Waals surface area contributed by atoms with Gasteiger partial charge in [0.05, 0.1) is 39.6 Å². The number of ether oxygens (including phenoxy) is 4. The van der Waals surface area contributed by atoms with Crippen LogP contribution >= 0.6 is 0 Å². The smallest absolute Gasteiger partial charge is 0.0701 e. The standard InChI is InChI=1S/C12H26O4.C2H4/c1-3-5-13-7-9-15-11-12-16-10-8-14-6-4-2;1-2/h3-12H2,1-2H3;1-2H2. The highest BCUT2D eigenvalue weighted by Crippen LogP contribution is 1.84. The van der Waals surface area contributed by atoms with Gasteiger partial charge < -0.3 is 18.9 Å². The van der Waals surface area contributed by atoms with Crippen molar-refractivity contribution in [3.8, 4) is 0 Å². The monoisotopic (exact) mass is 262 g/mol. The Hall–Kier alpha value is -0.420. The van der Waals surface area contributed by atoms with E-state index < -0.39 is 0 Å². The largest absolute Gasteiger partial charge is 0.379 e. The topological polar surface area (TPSA) is 36.9 Å². The molecule has 0 aromatic rings. The van der Waals surface area contributed by atoms with E-state index in [1.807, 2.05) is 0 Å². The molecule has 0 aliphatic carbocycles. The Morgan fingerprint density at radius 2 is 0.722 bits per heavy atom. The van der Waals surface area contributed by atoms with Gasteiger partial charge >= 0.3 is 0 Å². The van der Waals surface area contributed by atoms with Crippen molar-refractivity contribution < 1.29 is 18.9 Å². The van der Waals surface area contributed by atoms with E-state index in [2.05, 4.69) is 27.0 Å². The van der Waals surface area contributed by atoms with Gasteiger partial charge in [-0.3, -0.25) is 0 Å². The van der Waals surface area contributed by atoms with E-state index in [0.29, 0.717) is 39.6 Å². The van der Waals surface area contributed by atoms with Crippen LogP contribution in [0.5, 0.6) is 0 Å². The molecule has 0 amide bonds. The Morgan fingerprint density at radius 1 is 0.500 bits per heavy atom. The lowest BCUT2D eigenvalue weighted by atomic mass is 10.5. The molecular weight excluding hydrogens is 232 g/mol. The molecule has 0 N–H and O–H groups in total. The van der Waals surface area contributed by atoms with Gasteiger partial charge in [0.25, 0.3) is 0 Å². The lowest BCUT2D eigenvalue weighted by Gasteiger charge is -2.06. The number of rotatable bonds is 13. The van der Waals surface area contributed by atoms with Crippen LogP contribution in [0, 0.1) is 0 Å². The molecule has 18 heavy (non-hydrogen) atoms. The third kappa shape index (κ3) is 20.9. The van der Waals surface area contributed by atoms with Gasteiger partial charge in [0.15, 0.2) is 0 Å². The third-order valence-corrected chi connectivity index (χ3v) is 1.81. The molecule has 0 aliphatic rings. The average Bonchev–Trinajstić information content (AvgIpc) is 2.42. The van der Waals surface area contributed by atoms with E-state index in [-0.39, 0.29) is 0 Å². The fourth-order valence-corrected chi connectivity index (χ4v) is 1.05. The van der Waals surface area contributed by atoms with E-state index in [1.165, 1.54) is 0 Å². The molecule has 0 atom stereocenters. The van der Waals surface area contributed by atoms with E-state index >= 15 is 0 Å². The maximum absolute atomic E-state index is 5.32. The van der Waals surface area contributed by atoms with Gasteiger partial charge in [-0.2, -0.15) is 0 Å². The van der Waals surface area contributed by atoms with Crippen molar-refractivity contribution in [2.45, 2.75) is 26.7 Å². The molecule has 4 heteroatoms. The molecular formula is C14H30O4. The predicted octanol–water partition coefficient (Wildman–Crippen LogP) is 2.68.